The summed E-state index contributed by atoms with van der Waals surface area (Å²) in [7, 11) is 0. The second kappa shape index (κ2) is 7.96. The summed E-state index contributed by atoms with van der Waals surface area (Å²) in [6.07, 6.45) is 1.90. The van der Waals surface area contributed by atoms with E-state index >= 15 is 0 Å². The molecule has 0 aliphatic heterocycles. The van der Waals surface area contributed by atoms with Crippen molar-refractivity contribution in [2.45, 2.75) is 18.7 Å². The minimum atomic E-state index is -0.677. The molecule has 6 heteroatoms. The third kappa shape index (κ3) is 4.06. The molecule has 0 saturated heterocycles. The third-order valence-corrected chi connectivity index (χ3v) is 5.03. The van der Waals surface area contributed by atoms with Gasteiger partial charge in [0, 0.05) is 16.3 Å². The first kappa shape index (κ1) is 19.2. The molecule has 27 heavy (non-hydrogen) atoms. The molecule has 2 N–H and O–H groups in total. The lowest BCUT2D eigenvalue weighted by Gasteiger charge is -2.18. The highest BCUT2D eigenvalue weighted by atomic mass is 32.2. The van der Waals surface area contributed by atoms with Crippen LogP contribution >= 0.6 is 11.8 Å². The van der Waals surface area contributed by atoms with Gasteiger partial charge in [0.05, 0.1) is 5.69 Å². The number of benzene rings is 3. The first-order valence-electron chi connectivity index (χ1n) is 8.32. The molecule has 0 aromatic heterocycles. The van der Waals surface area contributed by atoms with Crippen molar-refractivity contribution in [3.05, 3.63) is 77.1 Å². The van der Waals surface area contributed by atoms with Gasteiger partial charge in [0.2, 0.25) is 0 Å². The highest BCUT2D eigenvalue weighted by molar-refractivity contribution is 7.98. The van der Waals surface area contributed by atoms with Gasteiger partial charge >= 0.3 is 0 Å². The maximum absolute atomic E-state index is 14.2. The van der Waals surface area contributed by atoms with Crippen LogP contribution in [0, 0.1) is 31.3 Å². The molecule has 0 saturated carbocycles. The second-order valence-corrected chi connectivity index (χ2v) is 7.01. The van der Waals surface area contributed by atoms with Gasteiger partial charge in [0.15, 0.2) is 0 Å². The quantitative estimate of drug-likeness (QED) is 0.463. The normalized spacial score (nSPS) is 10.7. The second-order valence-electron chi connectivity index (χ2n) is 6.13. The van der Waals surface area contributed by atoms with E-state index in [1.165, 1.54) is 36.0 Å². The van der Waals surface area contributed by atoms with Crippen LogP contribution in [0.1, 0.15) is 11.1 Å². The van der Waals surface area contributed by atoms with Gasteiger partial charge in [-0.25, -0.2) is 13.2 Å². The monoisotopic (exact) mass is 388 g/mol. The summed E-state index contributed by atoms with van der Waals surface area (Å²) in [6.45, 7) is 3.62. The standard InChI is InChI=1S/C21H19F3N2S/c1-12-6-4-7-15(22)20(12)25-18-10-14(27-3)11-19(13(18)2)26-21-16(23)8-5-9-17(21)24/h4-11,25-26H,1-3H3. The molecule has 0 amide bonds. The van der Waals surface area contributed by atoms with Crippen molar-refractivity contribution >= 4 is 34.5 Å². The zero-order valence-corrected chi connectivity index (χ0v) is 16.0. The average molecular weight is 388 g/mol. The van der Waals surface area contributed by atoms with Crippen molar-refractivity contribution < 1.29 is 13.2 Å². The molecule has 0 fully saturated rings. The lowest BCUT2D eigenvalue weighted by Crippen LogP contribution is -2.03. The van der Waals surface area contributed by atoms with Crippen LogP contribution in [0.5, 0.6) is 0 Å². The van der Waals surface area contributed by atoms with Crippen molar-refractivity contribution in [3.8, 4) is 0 Å². The maximum Gasteiger partial charge on any atom is 0.149 e. The first-order chi connectivity index (χ1) is 12.9. The Bertz CT molecular complexity index is 874. The summed E-state index contributed by atoms with van der Waals surface area (Å²) in [5.74, 6) is -1.72. The molecule has 2 nitrogen and oxygen atoms in total. The molecular weight excluding hydrogens is 369 g/mol. The summed E-state index contributed by atoms with van der Waals surface area (Å²) in [5.41, 5.74) is 2.85. The van der Waals surface area contributed by atoms with Crippen molar-refractivity contribution in [2.75, 3.05) is 16.9 Å². The summed E-state index contributed by atoms with van der Waals surface area (Å²) < 4.78 is 42.3. The van der Waals surface area contributed by atoms with Crippen LogP contribution in [0.3, 0.4) is 0 Å². The van der Waals surface area contributed by atoms with Crippen LogP contribution in [0.4, 0.5) is 35.9 Å². The fraction of sp³-hybridized carbons (Fsp3) is 0.143. The fourth-order valence-corrected chi connectivity index (χ4v) is 3.21. The number of rotatable bonds is 5. The highest BCUT2D eigenvalue weighted by Crippen LogP contribution is 2.36. The maximum atomic E-state index is 14.2. The lowest BCUT2D eigenvalue weighted by atomic mass is 10.1. The average Bonchev–Trinajstić information content (AvgIpc) is 2.63. The minimum Gasteiger partial charge on any atom is -0.353 e. The molecule has 0 aliphatic rings. The predicted octanol–water partition coefficient (Wildman–Crippen LogP) is 6.93. The Balaban J connectivity index is 2.05. The van der Waals surface area contributed by atoms with E-state index in [0.29, 0.717) is 17.1 Å². The van der Waals surface area contributed by atoms with E-state index in [1.807, 2.05) is 38.3 Å². The van der Waals surface area contributed by atoms with Gasteiger partial charge in [0.1, 0.15) is 23.1 Å². The van der Waals surface area contributed by atoms with E-state index < -0.39 is 11.6 Å². The topological polar surface area (TPSA) is 24.1 Å². The largest absolute Gasteiger partial charge is 0.353 e. The number of halogens is 3. The van der Waals surface area contributed by atoms with Gasteiger partial charge in [-0.05, 0) is 61.6 Å². The molecule has 3 aromatic carbocycles. The van der Waals surface area contributed by atoms with Crippen LogP contribution in [0.15, 0.2) is 53.4 Å². The Morgan fingerprint density at radius 2 is 1.22 bits per heavy atom. The van der Waals surface area contributed by atoms with E-state index in [9.17, 15) is 13.2 Å². The van der Waals surface area contributed by atoms with Crippen molar-refractivity contribution in [1.29, 1.82) is 0 Å². The van der Waals surface area contributed by atoms with E-state index in [2.05, 4.69) is 10.6 Å². The lowest BCUT2D eigenvalue weighted by molar-refractivity contribution is 0.591. The molecule has 140 valence electrons. The van der Waals surface area contributed by atoms with Crippen LogP contribution < -0.4 is 10.6 Å². The zero-order chi connectivity index (χ0) is 19.6. The Hall–Kier alpha value is -2.60. The van der Waals surface area contributed by atoms with Gasteiger partial charge in [-0.15, -0.1) is 11.8 Å². The van der Waals surface area contributed by atoms with Crippen LogP contribution in [0.2, 0.25) is 0 Å². The van der Waals surface area contributed by atoms with Crippen molar-refractivity contribution in [1.82, 2.24) is 0 Å². The number of thioether (sulfide) groups is 1. The summed E-state index contributed by atoms with van der Waals surface area (Å²) >= 11 is 1.48. The third-order valence-electron chi connectivity index (χ3n) is 4.32. The summed E-state index contributed by atoms with van der Waals surface area (Å²) in [5, 5.41) is 5.96. The van der Waals surface area contributed by atoms with Gasteiger partial charge in [-0.1, -0.05) is 18.2 Å². The first-order valence-corrected chi connectivity index (χ1v) is 9.55. The van der Waals surface area contributed by atoms with Gasteiger partial charge in [-0.2, -0.15) is 0 Å². The molecule has 0 heterocycles. The van der Waals surface area contributed by atoms with Crippen LogP contribution in [-0.2, 0) is 0 Å². The zero-order valence-electron chi connectivity index (χ0n) is 15.2. The van der Waals surface area contributed by atoms with E-state index in [1.54, 1.807) is 6.07 Å². The molecule has 0 atom stereocenters. The van der Waals surface area contributed by atoms with Gasteiger partial charge < -0.3 is 10.6 Å². The highest BCUT2D eigenvalue weighted by Gasteiger charge is 2.14. The number of aryl methyl sites for hydroxylation is 1. The number of anilines is 4. The number of para-hydroxylation sites is 2. The Morgan fingerprint density at radius 3 is 1.74 bits per heavy atom. The van der Waals surface area contributed by atoms with E-state index in [4.69, 9.17) is 0 Å². The SMILES string of the molecule is CSc1cc(Nc2c(C)cccc2F)c(C)c(Nc2c(F)cccc2F)c1. The number of hydrogen-bond acceptors (Lipinski definition) is 3. The Labute approximate surface area is 160 Å². The fourth-order valence-electron chi connectivity index (χ4n) is 2.74. The van der Waals surface area contributed by atoms with Gasteiger partial charge in [-0.3, -0.25) is 0 Å². The molecule has 0 spiro atoms. The molecule has 0 unspecified atom stereocenters. The van der Waals surface area contributed by atoms with Crippen molar-refractivity contribution in [2.24, 2.45) is 0 Å². The number of hydrogen-bond donors (Lipinski definition) is 2. The van der Waals surface area contributed by atoms with E-state index in [0.717, 1.165) is 16.0 Å². The van der Waals surface area contributed by atoms with Gasteiger partial charge in [0.25, 0.3) is 0 Å². The number of nitrogens with one attached hydrogen (secondary N) is 2. The predicted molar refractivity (Wildman–Crippen MR) is 107 cm³/mol. The summed E-state index contributed by atoms with van der Waals surface area (Å²) in [4.78, 5) is 0.872. The minimum absolute atomic E-state index is 0.216. The Kier molecular flexibility index (Phi) is 5.65. The Morgan fingerprint density at radius 1 is 0.741 bits per heavy atom. The van der Waals surface area contributed by atoms with E-state index in [-0.39, 0.29) is 11.5 Å². The van der Waals surface area contributed by atoms with Crippen LogP contribution in [-0.4, -0.2) is 6.26 Å². The molecule has 3 rings (SSSR count). The molecule has 0 radical (unpaired) electrons. The molecular formula is C21H19F3N2S. The summed E-state index contributed by atoms with van der Waals surface area (Å²) in [6, 6.07) is 12.2. The van der Waals surface area contributed by atoms with Crippen LogP contribution in [0.25, 0.3) is 0 Å². The van der Waals surface area contributed by atoms with Crippen molar-refractivity contribution in [3.63, 3.8) is 0 Å². The molecule has 3 aromatic rings. The molecule has 0 aliphatic carbocycles. The molecule has 0 bridgehead atoms. The smallest absolute Gasteiger partial charge is 0.149 e.